The molecule has 96 valence electrons. The Morgan fingerprint density at radius 2 is 1.95 bits per heavy atom. The number of benzene rings is 1. The number of aromatic nitrogens is 1. The van der Waals surface area contributed by atoms with E-state index in [0.29, 0.717) is 15.9 Å². The standard InChI is InChI=1S/C13H10BrN3O2/c14-11-7-8(5-6-16-11)13(19)17-10-4-2-1-3-9(10)12(15)18/h1-7H,(H2,15,18)(H,17,19). The Hall–Kier alpha value is -2.21. The maximum Gasteiger partial charge on any atom is 0.255 e. The van der Waals surface area contributed by atoms with Gasteiger partial charge in [-0.05, 0) is 40.2 Å². The molecular formula is C13H10BrN3O2. The van der Waals surface area contributed by atoms with Crippen molar-refractivity contribution in [3.05, 3.63) is 58.3 Å². The highest BCUT2D eigenvalue weighted by Crippen LogP contribution is 2.16. The highest BCUT2D eigenvalue weighted by Gasteiger charge is 2.11. The van der Waals surface area contributed by atoms with Crippen LogP contribution in [0, 0.1) is 0 Å². The number of para-hydroxylation sites is 1. The average Bonchev–Trinajstić information content (AvgIpc) is 2.39. The van der Waals surface area contributed by atoms with Crippen LogP contribution in [0.2, 0.25) is 0 Å². The lowest BCUT2D eigenvalue weighted by Crippen LogP contribution is -2.18. The van der Waals surface area contributed by atoms with Gasteiger partial charge in [0.15, 0.2) is 0 Å². The van der Waals surface area contributed by atoms with Crippen LogP contribution in [0.5, 0.6) is 0 Å². The fourth-order valence-electron chi connectivity index (χ4n) is 1.55. The summed E-state index contributed by atoms with van der Waals surface area (Å²) in [6, 6.07) is 9.73. The number of carbonyl (C=O) groups excluding carboxylic acids is 2. The van der Waals surface area contributed by atoms with Gasteiger partial charge in [0, 0.05) is 11.8 Å². The smallest absolute Gasteiger partial charge is 0.255 e. The number of nitrogens with two attached hydrogens (primary N) is 1. The summed E-state index contributed by atoms with van der Waals surface area (Å²) in [7, 11) is 0. The summed E-state index contributed by atoms with van der Waals surface area (Å²) < 4.78 is 0.559. The van der Waals surface area contributed by atoms with Crippen LogP contribution in [-0.2, 0) is 0 Å². The van der Waals surface area contributed by atoms with Gasteiger partial charge < -0.3 is 11.1 Å². The van der Waals surface area contributed by atoms with Crippen LogP contribution in [0.15, 0.2) is 47.2 Å². The summed E-state index contributed by atoms with van der Waals surface area (Å²) >= 11 is 3.19. The Morgan fingerprint density at radius 1 is 1.21 bits per heavy atom. The van der Waals surface area contributed by atoms with Crippen molar-refractivity contribution in [3.8, 4) is 0 Å². The molecule has 19 heavy (non-hydrogen) atoms. The molecule has 2 rings (SSSR count). The van der Waals surface area contributed by atoms with E-state index < -0.39 is 5.91 Å². The van der Waals surface area contributed by atoms with Crippen molar-refractivity contribution in [3.63, 3.8) is 0 Å². The molecule has 3 N–H and O–H groups in total. The second kappa shape index (κ2) is 5.62. The van der Waals surface area contributed by atoms with Gasteiger partial charge in [-0.2, -0.15) is 0 Å². The number of primary amides is 1. The largest absolute Gasteiger partial charge is 0.366 e. The maximum absolute atomic E-state index is 12.0. The molecule has 0 fully saturated rings. The lowest BCUT2D eigenvalue weighted by Gasteiger charge is -2.08. The number of pyridine rings is 1. The Bertz CT molecular complexity index is 643. The number of carbonyl (C=O) groups is 2. The van der Waals surface area contributed by atoms with Gasteiger partial charge >= 0.3 is 0 Å². The quantitative estimate of drug-likeness (QED) is 0.850. The lowest BCUT2D eigenvalue weighted by atomic mass is 10.1. The number of amides is 2. The van der Waals surface area contributed by atoms with Gasteiger partial charge in [0.2, 0.25) is 0 Å². The number of rotatable bonds is 3. The van der Waals surface area contributed by atoms with Crippen LogP contribution in [0.4, 0.5) is 5.69 Å². The predicted molar refractivity (Wildman–Crippen MR) is 74.9 cm³/mol. The Morgan fingerprint density at radius 3 is 2.63 bits per heavy atom. The fraction of sp³-hybridized carbons (Fsp3) is 0. The van der Waals surface area contributed by atoms with Crippen molar-refractivity contribution in [2.45, 2.75) is 0 Å². The summed E-state index contributed by atoms with van der Waals surface area (Å²) in [4.78, 5) is 27.2. The van der Waals surface area contributed by atoms with E-state index in [2.05, 4.69) is 26.2 Å². The van der Waals surface area contributed by atoms with E-state index in [9.17, 15) is 9.59 Å². The number of hydrogen-bond donors (Lipinski definition) is 2. The summed E-state index contributed by atoms with van der Waals surface area (Å²) in [6.45, 7) is 0. The van der Waals surface area contributed by atoms with E-state index in [0.717, 1.165) is 0 Å². The molecule has 0 saturated heterocycles. The molecule has 0 saturated carbocycles. The van der Waals surface area contributed by atoms with Gasteiger partial charge in [-0.1, -0.05) is 12.1 Å². The number of anilines is 1. The van der Waals surface area contributed by atoms with Gasteiger partial charge in [0.25, 0.3) is 11.8 Å². The van der Waals surface area contributed by atoms with Crippen molar-refractivity contribution in [1.82, 2.24) is 4.98 Å². The first-order valence-electron chi connectivity index (χ1n) is 5.39. The van der Waals surface area contributed by atoms with Crippen LogP contribution in [0.1, 0.15) is 20.7 Å². The molecule has 5 nitrogen and oxygen atoms in total. The molecule has 0 radical (unpaired) electrons. The summed E-state index contributed by atoms with van der Waals surface area (Å²) in [6.07, 6.45) is 1.51. The predicted octanol–water partition coefficient (Wildman–Crippen LogP) is 2.20. The number of nitrogens with one attached hydrogen (secondary N) is 1. The molecule has 0 aliphatic rings. The molecule has 0 spiro atoms. The zero-order valence-electron chi connectivity index (χ0n) is 9.76. The Balaban J connectivity index is 2.27. The topological polar surface area (TPSA) is 85.1 Å². The number of halogens is 1. The minimum Gasteiger partial charge on any atom is -0.366 e. The van der Waals surface area contributed by atoms with Crippen molar-refractivity contribution in [2.75, 3.05) is 5.32 Å². The molecule has 0 unspecified atom stereocenters. The third-order valence-electron chi connectivity index (χ3n) is 2.43. The molecule has 1 aromatic carbocycles. The molecule has 2 amide bonds. The van der Waals surface area contributed by atoms with E-state index in [-0.39, 0.29) is 11.5 Å². The van der Waals surface area contributed by atoms with E-state index in [4.69, 9.17) is 5.73 Å². The third-order valence-corrected chi connectivity index (χ3v) is 2.86. The zero-order valence-corrected chi connectivity index (χ0v) is 11.3. The maximum atomic E-state index is 12.0. The Labute approximate surface area is 118 Å². The Kier molecular flexibility index (Phi) is 3.91. The highest BCUT2D eigenvalue weighted by molar-refractivity contribution is 9.10. The zero-order chi connectivity index (χ0) is 13.8. The van der Waals surface area contributed by atoms with Crippen LogP contribution < -0.4 is 11.1 Å². The number of nitrogens with zero attached hydrogens (tertiary/aromatic N) is 1. The molecule has 1 heterocycles. The lowest BCUT2D eigenvalue weighted by molar-refractivity contribution is 0.100. The first kappa shape index (κ1) is 13.2. The van der Waals surface area contributed by atoms with Crippen LogP contribution in [0.25, 0.3) is 0 Å². The van der Waals surface area contributed by atoms with E-state index >= 15 is 0 Å². The van der Waals surface area contributed by atoms with Gasteiger partial charge in [0.05, 0.1) is 11.3 Å². The molecular weight excluding hydrogens is 310 g/mol. The van der Waals surface area contributed by atoms with Gasteiger partial charge in [-0.25, -0.2) is 4.98 Å². The molecule has 2 aromatic rings. The van der Waals surface area contributed by atoms with E-state index in [1.54, 1.807) is 36.4 Å². The second-order valence-corrected chi connectivity index (χ2v) is 4.54. The molecule has 0 bridgehead atoms. The summed E-state index contributed by atoms with van der Waals surface area (Å²) in [5.74, 6) is -0.927. The van der Waals surface area contributed by atoms with Crippen LogP contribution in [-0.4, -0.2) is 16.8 Å². The minimum absolute atomic E-state index is 0.268. The molecule has 0 atom stereocenters. The average molecular weight is 320 g/mol. The first-order valence-corrected chi connectivity index (χ1v) is 6.19. The van der Waals surface area contributed by atoms with Crippen molar-refractivity contribution >= 4 is 33.4 Å². The van der Waals surface area contributed by atoms with Gasteiger partial charge in [-0.15, -0.1) is 0 Å². The number of hydrogen-bond acceptors (Lipinski definition) is 3. The SMILES string of the molecule is NC(=O)c1ccccc1NC(=O)c1ccnc(Br)c1. The summed E-state index contributed by atoms with van der Waals surface area (Å²) in [5, 5.41) is 2.65. The van der Waals surface area contributed by atoms with Crippen molar-refractivity contribution in [2.24, 2.45) is 5.73 Å². The van der Waals surface area contributed by atoms with Crippen LogP contribution >= 0.6 is 15.9 Å². The highest BCUT2D eigenvalue weighted by atomic mass is 79.9. The van der Waals surface area contributed by atoms with E-state index in [1.165, 1.54) is 6.20 Å². The van der Waals surface area contributed by atoms with Crippen molar-refractivity contribution in [1.29, 1.82) is 0 Å². The second-order valence-electron chi connectivity index (χ2n) is 3.73. The third kappa shape index (κ3) is 3.17. The van der Waals surface area contributed by atoms with Gasteiger partial charge in [-0.3, -0.25) is 9.59 Å². The van der Waals surface area contributed by atoms with Crippen LogP contribution in [0.3, 0.4) is 0 Å². The van der Waals surface area contributed by atoms with Gasteiger partial charge in [0.1, 0.15) is 4.60 Å². The molecule has 0 aliphatic heterocycles. The molecule has 0 aliphatic carbocycles. The fourth-order valence-corrected chi connectivity index (χ4v) is 1.91. The molecule has 1 aromatic heterocycles. The van der Waals surface area contributed by atoms with Crippen molar-refractivity contribution < 1.29 is 9.59 Å². The van der Waals surface area contributed by atoms with E-state index in [1.807, 2.05) is 0 Å². The molecule has 6 heteroatoms. The normalized spacial score (nSPS) is 9.95. The summed E-state index contributed by atoms with van der Waals surface area (Å²) in [5.41, 5.74) is 6.33. The minimum atomic E-state index is -0.591. The first-order chi connectivity index (χ1) is 9.08. The monoisotopic (exact) mass is 319 g/mol.